The summed E-state index contributed by atoms with van der Waals surface area (Å²) < 4.78 is 0. The van der Waals surface area contributed by atoms with Crippen molar-refractivity contribution in [3.63, 3.8) is 0 Å². The van der Waals surface area contributed by atoms with Crippen LogP contribution in [0.15, 0.2) is 42.5 Å². The van der Waals surface area contributed by atoms with Crippen LogP contribution in [-0.4, -0.2) is 71.1 Å². The number of rotatable bonds is 4. The van der Waals surface area contributed by atoms with Gasteiger partial charge in [-0.2, -0.15) is 15.0 Å². The Morgan fingerprint density at radius 3 is 1.76 bits per heavy atom. The van der Waals surface area contributed by atoms with Gasteiger partial charge in [-0.25, -0.2) is 0 Å². The molecule has 0 radical (unpaired) electrons. The molecule has 4 unspecified atom stereocenters. The van der Waals surface area contributed by atoms with Gasteiger partial charge in [0, 0.05) is 67.2 Å². The monoisotopic (exact) mass is 500 g/mol. The Morgan fingerprint density at radius 2 is 1.19 bits per heavy atom. The molecule has 4 atom stereocenters. The average Bonchev–Trinajstić information content (AvgIpc) is 3.14. The van der Waals surface area contributed by atoms with E-state index < -0.39 is 0 Å². The molecule has 3 aliphatic rings. The number of piperidine rings is 2. The van der Waals surface area contributed by atoms with Crippen LogP contribution in [0.1, 0.15) is 28.8 Å². The Bertz CT molecular complexity index is 1280. The molecule has 2 aliphatic heterocycles. The van der Waals surface area contributed by atoms with Gasteiger partial charge in [-0.1, -0.05) is 24.3 Å². The molecule has 2 fully saturated rings. The lowest BCUT2D eigenvalue weighted by atomic mass is 10.0. The number of benzene rings is 2. The minimum Gasteiger partial charge on any atom is -0.338 e. The van der Waals surface area contributed by atoms with Crippen molar-refractivity contribution in [2.75, 3.05) is 41.3 Å². The number of nitrogens with zero attached hydrogens (tertiary/aromatic N) is 5. The summed E-state index contributed by atoms with van der Waals surface area (Å²) in [7, 11) is 0. The van der Waals surface area contributed by atoms with Gasteiger partial charge < -0.3 is 38.1 Å². The van der Waals surface area contributed by atoms with Crippen molar-refractivity contribution >= 4 is 29.3 Å². The number of fused-ring (bicyclic) bond motifs is 3. The van der Waals surface area contributed by atoms with E-state index in [1.807, 2.05) is 52.3 Å². The van der Waals surface area contributed by atoms with E-state index in [0.29, 0.717) is 49.6 Å². The third-order valence-corrected chi connectivity index (χ3v) is 7.19. The van der Waals surface area contributed by atoms with Crippen LogP contribution < -0.4 is 38.1 Å². The molecule has 11 nitrogen and oxygen atoms in total. The van der Waals surface area contributed by atoms with Crippen molar-refractivity contribution in [1.82, 2.24) is 15.0 Å². The largest absolute Gasteiger partial charge is 0.338 e. The molecule has 0 bridgehead atoms. The highest BCUT2D eigenvalue weighted by molar-refractivity contribution is 6.22. The highest BCUT2D eigenvalue weighted by atomic mass is 16.1. The maximum atomic E-state index is 12.8. The van der Waals surface area contributed by atoms with Crippen LogP contribution in [0.25, 0.3) is 11.1 Å². The normalized spacial score (nSPS) is 25.1. The van der Waals surface area contributed by atoms with Crippen molar-refractivity contribution in [2.24, 2.45) is 22.9 Å². The van der Waals surface area contributed by atoms with E-state index in [-0.39, 0.29) is 30.0 Å². The van der Waals surface area contributed by atoms with Crippen LogP contribution in [0.4, 0.5) is 23.5 Å². The van der Waals surface area contributed by atoms with Crippen LogP contribution in [0.2, 0.25) is 0 Å². The van der Waals surface area contributed by atoms with Crippen LogP contribution in [-0.2, 0) is 0 Å². The van der Waals surface area contributed by atoms with Crippen LogP contribution >= 0.6 is 0 Å². The number of ketones is 1. The molecule has 1 aromatic heterocycles. The predicted octanol–water partition coefficient (Wildman–Crippen LogP) is 0.556. The van der Waals surface area contributed by atoms with Gasteiger partial charge in [0.15, 0.2) is 5.78 Å². The first-order chi connectivity index (χ1) is 17.8. The molecule has 0 spiro atoms. The predicted molar refractivity (Wildman–Crippen MR) is 144 cm³/mol. The molecule has 11 heteroatoms. The van der Waals surface area contributed by atoms with E-state index in [9.17, 15) is 4.79 Å². The second-order valence-corrected chi connectivity index (χ2v) is 10.3. The number of nitrogens with two attached hydrogens (primary N) is 4. The summed E-state index contributed by atoms with van der Waals surface area (Å²) in [6, 6.07) is 13.1. The Balaban J connectivity index is 1.36. The zero-order valence-corrected chi connectivity index (χ0v) is 20.5. The smallest absolute Gasteiger partial charge is 0.233 e. The van der Waals surface area contributed by atoms with Gasteiger partial charge in [0.1, 0.15) is 0 Å². The highest BCUT2D eigenvalue weighted by Crippen LogP contribution is 2.38. The zero-order valence-electron chi connectivity index (χ0n) is 20.5. The highest BCUT2D eigenvalue weighted by Gasteiger charge is 2.29. The molecule has 6 rings (SSSR count). The number of hydrogen-bond donors (Lipinski definition) is 5. The third kappa shape index (κ3) is 4.62. The number of anilines is 4. The van der Waals surface area contributed by atoms with Crippen molar-refractivity contribution in [1.29, 1.82) is 0 Å². The molecule has 9 N–H and O–H groups in total. The molecular weight excluding hydrogens is 468 g/mol. The summed E-state index contributed by atoms with van der Waals surface area (Å²) in [5, 5.41) is 3.33. The first kappa shape index (κ1) is 23.7. The lowest BCUT2D eigenvalue weighted by molar-refractivity contribution is 0.104. The topological polar surface area (TPSA) is 178 Å². The standard InChI is InChI=1S/C26H32N10O/c27-14-7-15(28)11-35(10-14)25-32-24(33-26(34-25)36-12-16(29)8-17(30)13-36)31-18-5-6-21-22(9-18)19-3-1-2-4-20(19)23(21)37/h1-6,9,14-17H,7-8,10-13,27-30H2,(H,31,32,33,34). The Morgan fingerprint density at radius 1 is 0.676 bits per heavy atom. The zero-order chi connectivity index (χ0) is 25.7. The summed E-state index contributed by atoms with van der Waals surface area (Å²) in [5.41, 5.74) is 29.0. The van der Waals surface area contributed by atoms with Crippen LogP contribution in [0, 0.1) is 0 Å². The summed E-state index contributed by atoms with van der Waals surface area (Å²) in [4.78, 5) is 31.1. The molecule has 37 heavy (non-hydrogen) atoms. The summed E-state index contributed by atoms with van der Waals surface area (Å²) in [5.74, 6) is 1.44. The quantitative estimate of drug-likeness (QED) is 0.264. The van der Waals surface area contributed by atoms with E-state index in [2.05, 4.69) is 5.32 Å². The summed E-state index contributed by atoms with van der Waals surface area (Å²) in [6.07, 6.45) is 1.51. The lowest BCUT2D eigenvalue weighted by Crippen LogP contribution is -2.54. The molecule has 0 saturated carbocycles. The van der Waals surface area contributed by atoms with E-state index in [0.717, 1.165) is 35.2 Å². The number of carbonyl (C=O) groups is 1. The van der Waals surface area contributed by atoms with Gasteiger partial charge in [-0.05, 0) is 42.2 Å². The molecule has 2 aromatic carbocycles. The molecular formula is C26H32N10O. The van der Waals surface area contributed by atoms with E-state index >= 15 is 0 Å². The van der Waals surface area contributed by atoms with Gasteiger partial charge in [-0.15, -0.1) is 0 Å². The van der Waals surface area contributed by atoms with Crippen molar-refractivity contribution in [2.45, 2.75) is 37.0 Å². The second kappa shape index (κ2) is 9.34. The fourth-order valence-corrected chi connectivity index (χ4v) is 5.61. The van der Waals surface area contributed by atoms with E-state index in [1.54, 1.807) is 0 Å². The van der Waals surface area contributed by atoms with Gasteiger partial charge in [-0.3, -0.25) is 4.79 Å². The molecule has 2 saturated heterocycles. The minimum absolute atomic E-state index is 0.0393. The van der Waals surface area contributed by atoms with Gasteiger partial charge in [0.25, 0.3) is 0 Å². The van der Waals surface area contributed by atoms with Gasteiger partial charge in [0.2, 0.25) is 17.8 Å². The maximum absolute atomic E-state index is 12.8. The lowest BCUT2D eigenvalue weighted by Gasteiger charge is -2.37. The van der Waals surface area contributed by atoms with Crippen molar-refractivity contribution < 1.29 is 4.79 Å². The first-order valence-electron chi connectivity index (χ1n) is 12.7. The maximum Gasteiger partial charge on any atom is 0.233 e. The Hall–Kier alpha value is -3.64. The number of hydrogen-bond acceptors (Lipinski definition) is 11. The van der Waals surface area contributed by atoms with Crippen molar-refractivity contribution in [3.05, 3.63) is 53.6 Å². The second-order valence-electron chi connectivity index (χ2n) is 10.3. The summed E-state index contributed by atoms with van der Waals surface area (Å²) in [6.45, 7) is 2.42. The number of carbonyl (C=O) groups excluding carboxylic acids is 1. The van der Waals surface area contributed by atoms with E-state index in [1.165, 1.54) is 0 Å². The van der Waals surface area contributed by atoms with Crippen LogP contribution in [0.5, 0.6) is 0 Å². The van der Waals surface area contributed by atoms with Crippen molar-refractivity contribution in [3.8, 4) is 11.1 Å². The van der Waals surface area contributed by atoms with Crippen LogP contribution in [0.3, 0.4) is 0 Å². The fourth-order valence-electron chi connectivity index (χ4n) is 5.61. The summed E-state index contributed by atoms with van der Waals surface area (Å²) >= 11 is 0. The number of nitrogens with one attached hydrogen (secondary N) is 1. The SMILES string of the molecule is NC1CC(N)CN(c2nc(Nc3ccc4c(c3)-c3ccccc3C4=O)nc(N3CC(N)CC(N)C3)n2)C1. The van der Waals surface area contributed by atoms with Gasteiger partial charge >= 0.3 is 0 Å². The Labute approximate surface area is 215 Å². The Kier molecular flexibility index (Phi) is 6.00. The molecule has 192 valence electrons. The minimum atomic E-state index is -0.0634. The molecule has 3 aromatic rings. The molecule has 3 heterocycles. The molecule has 0 amide bonds. The average molecular weight is 501 g/mol. The molecule has 1 aliphatic carbocycles. The fraction of sp³-hybridized carbons (Fsp3) is 0.385. The van der Waals surface area contributed by atoms with Gasteiger partial charge in [0.05, 0.1) is 0 Å². The third-order valence-electron chi connectivity index (χ3n) is 7.19. The number of aromatic nitrogens is 3. The first-order valence-corrected chi connectivity index (χ1v) is 12.7. The van der Waals surface area contributed by atoms with E-state index in [4.69, 9.17) is 37.9 Å².